The number of thioether (sulfide) groups is 2. The molecule has 0 radical (unpaired) electrons. The maximum atomic E-state index is 12.7. The van der Waals surface area contributed by atoms with Crippen molar-refractivity contribution in [3.63, 3.8) is 0 Å². The van der Waals surface area contributed by atoms with Crippen molar-refractivity contribution in [1.29, 1.82) is 0 Å². The van der Waals surface area contributed by atoms with Crippen LogP contribution in [0.1, 0.15) is 22.8 Å². The molecule has 1 N–H and O–H groups in total. The molecule has 1 saturated heterocycles. The van der Waals surface area contributed by atoms with Gasteiger partial charge in [0.1, 0.15) is 0 Å². The topological polar surface area (TPSA) is 84.9 Å². The van der Waals surface area contributed by atoms with E-state index >= 15 is 0 Å². The Morgan fingerprint density at radius 2 is 1.91 bits per heavy atom. The molecule has 32 heavy (non-hydrogen) atoms. The highest BCUT2D eigenvalue weighted by Crippen LogP contribution is 2.34. The maximum absolute atomic E-state index is 12.7. The van der Waals surface area contributed by atoms with Gasteiger partial charge in [0.05, 0.1) is 18.6 Å². The Bertz CT molecular complexity index is 1040. The predicted molar refractivity (Wildman–Crippen MR) is 127 cm³/mol. The molecule has 3 rings (SSSR count). The third-order valence-electron chi connectivity index (χ3n) is 4.63. The number of carbonyl (C=O) groups excluding carboxylic acids is 3. The molecule has 168 valence electrons. The lowest BCUT2D eigenvalue weighted by Crippen LogP contribution is -2.37. The van der Waals surface area contributed by atoms with Gasteiger partial charge in [0, 0.05) is 23.5 Å². The Morgan fingerprint density at radius 1 is 1.16 bits per heavy atom. The lowest BCUT2D eigenvalue weighted by atomic mass is 10.2. The minimum Gasteiger partial charge on any atom is -0.493 e. The summed E-state index contributed by atoms with van der Waals surface area (Å²) in [5, 5.41) is 2.39. The summed E-state index contributed by atoms with van der Waals surface area (Å²) in [7, 11) is 1.54. The number of hydrogen-bond donors (Lipinski definition) is 1. The van der Waals surface area contributed by atoms with Gasteiger partial charge in [-0.25, -0.2) is 0 Å². The smallest absolute Gasteiger partial charge is 0.293 e. The van der Waals surface area contributed by atoms with Crippen molar-refractivity contribution >= 4 is 46.7 Å². The third kappa shape index (κ3) is 5.66. The molecule has 7 nitrogen and oxygen atoms in total. The Labute approximate surface area is 195 Å². The lowest BCUT2D eigenvalue weighted by Gasteiger charge is -2.13. The van der Waals surface area contributed by atoms with E-state index < -0.39 is 0 Å². The SMILES string of the molecule is CCOc1ccc(/C=C2\SC(=O)N(CCNC(=O)c3ccc(SC)cc3)C2=O)cc1OC. The van der Waals surface area contributed by atoms with Crippen molar-refractivity contribution in [3.05, 3.63) is 58.5 Å². The van der Waals surface area contributed by atoms with Gasteiger partial charge in [-0.1, -0.05) is 6.07 Å². The quantitative estimate of drug-likeness (QED) is 0.431. The van der Waals surface area contributed by atoms with Gasteiger partial charge in [-0.2, -0.15) is 0 Å². The molecule has 3 amide bonds. The van der Waals surface area contributed by atoms with E-state index in [0.29, 0.717) is 28.6 Å². The molecule has 2 aromatic carbocycles. The van der Waals surface area contributed by atoms with Crippen LogP contribution >= 0.6 is 23.5 Å². The van der Waals surface area contributed by atoms with E-state index in [9.17, 15) is 14.4 Å². The molecule has 0 aliphatic carbocycles. The standard InChI is InChI=1S/C23H24N2O5S2/c1-4-30-18-10-5-15(13-19(18)29-2)14-20-22(27)25(23(28)32-20)12-11-24-21(26)16-6-8-17(31-3)9-7-16/h5-10,13-14H,4,11-12H2,1-3H3,(H,24,26)/b20-14-. The third-order valence-corrected chi connectivity index (χ3v) is 6.28. The Balaban J connectivity index is 1.61. The van der Waals surface area contributed by atoms with Gasteiger partial charge in [-0.3, -0.25) is 19.3 Å². The molecule has 1 heterocycles. The van der Waals surface area contributed by atoms with Crippen LogP contribution in [0.5, 0.6) is 11.5 Å². The summed E-state index contributed by atoms with van der Waals surface area (Å²) in [6.07, 6.45) is 3.61. The van der Waals surface area contributed by atoms with Gasteiger partial charge in [-0.05, 0) is 73.0 Å². The number of nitrogens with zero attached hydrogens (tertiary/aromatic N) is 1. The number of nitrogens with one attached hydrogen (secondary N) is 1. The summed E-state index contributed by atoms with van der Waals surface area (Å²) in [4.78, 5) is 39.8. The molecule has 0 spiro atoms. The fourth-order valence-corrected chi connectivity index (χ4v) is 4.29. The molecule has 0 atom stereocenters. The maximum Gasteiger partial charge on any atom is 0.293 e. The van der Waals surface area contributed by atoms with E-state index in [1.807, 2.05) is 25.3 Å². The number of amides is 3. The number of hydrogen-bond acceptors (Lipinski definition) is 7. The van der Waals surface area contributed by atoms with Crippen LogP contribution in [0.25, 0.3) is 6.08 Å². The van der Waals surface area contributed by atoms with Crippen molar-refractivity contribution in [2.24, 2.45) is 0 Å². The summed E-state index contributed by atoms with van der Waals surface area (Å²) in [5.74, 6) is 0.528. The van der Waals surface area contributed by atoms with E-state index in [1.165, 1.54) is 0 Å². The van der Waals surface area contributed by atoms with Gasteiger partial charge < -0.3 is 14.8 Å². The van der Waals surface area contributed by atoms with Crippen LogP contribution in [-0.2, 0) is 4.79 Å². The first-order chi connectivity index (χ1) is 15.5. The number of methoxy groups -OCH3 is 1. The fraction of sp³-hybridized carbons (Fsp3) is 0.261. The van der Waals surface area contributed by atoms with Crippen LogP contribution in [0.15, 0.2) is 52.3 Å². The highest BCUT2D eigenvalue weighted by molar-refractivity contribution is 8.18. The van der Waals surface area contributed by atoms with Gasteiger partial charge in [0.2, 0.25) is 0 Å². The van der Waals surface area contributed by atoms with Gasteiger partial charge >= 0.3 is 0 Å². The van der Waals surface area contributed by atoms with Crippen LogP contribution < -0.4 is 14.8 Å². The number of carbonyl (C=O) groups is 3. The predicted octanol–water partition coefficient (Wildman–Crippen LogP) is 4.28. The van der Waals surface area contributed by atoms with E-state index in [2.05, 4.69) is 5.32 Å². The molecule has 0 unspecified atom stereocenters. The number of imide groups is 1. The average molecular weight is 473 g/mol. The zero-order chi connectivity index (χ0) is 23.1. The van der Waals surface area contributed by atoms with Crippen LogP contribution in [-0.4, -0.2) is 55.0 Å². The zero-order valence-corrected chi connectivity index (χ0v) is 19.7. The first-order valence-corrected chi connectivity index (χ1v) is 12.0. The largest absolute Gasteiger partial charge is 0.493 e. The highest BCUT2D eigenvalue weighted by Gasteiger charge is 2.34. The van der Waals surface area contributed by atoms with Crippen molar-refractivity contribution in [2.45, 2.75) is 11.8 Å². The van der Waals surface area contributed by atoms with Crippen LogP contribution in [0.3, 0.4) is 0 Å². The van der Waals surface area contributed by atoms with Crippen molar-refractivity contribution < 1.29 is 23.9 Å². The minimum atomic E-state index is -0.383. The van der Waals surface area contributed by atoms with E-state index in [-0.39, 0.29) is 30.1 Å². The fourth-order valence-electron chi connectivity index (χ4n) is 3.02. The summed E-state index contributed by atoms with van der Waals surface area (Å²) in [6, 6.07) is 12.5. The Hall–Kier alpha value is -2.91. The molecular weight excluding hydrogens is 448 g/mol. The molecule has 0 aromatic heterocycles. The Morgan fingerprint density at radius 3 is 2.56 bits per heavy atom. The van der Waals surface area contributed by atoms with E-state index in [4.69, 9.17) is 9.47 Å². The first-order valence-electron chi connectivity index (χ1n) is 9.95. The lowest BCUT2D eigenvalue weighted by molar-refractivity contribution is -0.122. The van der Waals surface area contributed by atoms with Gasteiger partial charge in [0.15, 0.2) is 11.5 Å². The molecule has 0 saturated carbocycles. The summed E-state index contributed by atoms with van der Waals surface area (Å²) < 4.78 is 10.8. The second kappa shape index (κ2) is 11.1. The molecule has 1 fully saturated rings. The van der Waals surface area contributed by atoms with Crippen molar-refractivity contribution in [1.82, 2.24) is 10.2 Å². The minimum absolute atomic E-state index is 0.100. The number of rotatable bonds is 9. The van der Waals surface area contributed by atoms with E-state index in [0.717, 1.165) is 27.1 Å². The normalized spacial score (nSPS) is 14.7. The molecule has 2 aromatic rings. The van der Waals surface area contributed by atoms with Gasteiger partial charge in [0.25, 0.3) is 17.1 Å². The monoisotopic (exact) mass is 472 g/mol. The molecule has 1 aliphatic rings. The molecule has 9 heteroatoms. The van der Waals surface area contributed by atoms with Crippen LogP contribution in [0, 0.1) is 0 Å². The zero-order valence-electron chi connectivity index (χ0n) is 18.0. The first kappa shape index (κ1) is 23.7. The summed E-state index contributed by atoms with van der Waals surface area (Å²) in [5.41, 5.74) is 1.25. The van der Waals surface area contributed by atoms with Crippen molar-refractivity contribution in [2.75, 3.05) is 33.1 Å². The Kier molecular flexibility index (Phi) is 8.24. The highest BCUT2D eigenvalue weighted by atomic mass is 32.2. The molecule has 0 bridgehead atoms. The summed E-state index contributed by atoms with van der Waals surface area (Å²) >= 11 is 2.47. The van der Waals surface area contributed by atoms with Crippen LogP contribution in [0.4, 0.5) is 4.79 Å². The number of ether oxygens (including phenoxy) is 2. The molecular formula is C23H24N2O5S2. The van der Waals surface area contributed by atoms with Crippen molar-refractivity contribution in [3.8, 4) is 11.5 Å². The average Bonchev–Trinajstić information content (AvgIpc) is 3.07. The summed E-state index contributed by atoms with van der Waals surface area (Å²) in [6.45, 7) is 2.66. The number of benzene rings is 2. The second-order valence-electron chi connectivity index (χ2n) is 6.66. The van der Waals surface area contributed by atoms with Gasteiger partial charge in [-0.15, -0.1) is 11.8 Å². The molecule has 1 aliphatic heterocycles. The van der Waals surface area contributed by atoms with E-state index in [1.54, 1.807) is 55.3 Å². The van der Waals surface area contributed by atoms with Crippen LogP contribution in [0.2, 0.25) is 0 Å². The second-order valence-corrected chi connectivity index (χ2v) is 8.53.